The average Bonchev–Trinajstić information content (AvgIpc) is 2.42. The predicted molar refractivity (Wildman–Crippen MR) is 81.2 cm³/mol. The summed E-state index contributed by atoms with van der Waals surface area (Å²) in [6.07, 6.45) is 1.85. The molecule has 0 bridgehead atoms. The molecule has 0 unspecified atom stereocenters. The van der Waals surface area contributed by atoms with E-state index < -0.39 is 5.97 Å². The Balaban J connectivity index is 2.48. The number of hydrogen-bond acceptors (Lipinski definition) is 3. The molecule has 4 heteroatoms. The van der Waals surface area contributed by atoms with Gasteiger partial charge in [0.05, 0.1) is 0 Å². The van der Waals surface area contributed by atoms with Crippen molar-refractivity contribution in [1.29, 1.82) is 0 Å². The van der Waals surface area contributed by atoms with Crippen molar-refractivity contribution in [2.75, 3.05) is 6.26 Å². The van der Waals surface area contributed by atoms with Crippen LogP contribution in [-0.2, 0) is 0 Å². The fraction of sp³-hybridized carbons (Fsp3) is 0.188. The number of hydrogen-bond donors (Lipinski definition) is 1. The smallest absolute Gasteiger partial charge is 0.340 e. The van der Waals surface area contributed by atoms with Crippen LogP contribution in [0.5, 0.6) is 11.5 Å². The molecule has 0 aromatic heterocycles. The molecule has 0 atom stereocenters. The van der Waals surface area contributed by atoms with Crippen molar-refractivity contribution in [2.45, 2.75) is 18.7 Å². The van der Waals surface area contributed by atoms with E-state index in [1.54, 1.807) is 18.2 Å². The highest BCUT2D eigenvalue weighted by atomic mass is 32.2. The highest BCUT2D eigenvalue weighted by Gasteiger charge is 2.17. The summed E-state index contributed by atoms with van der Waals surface area (Å²) in [6, 6.07) is 11.1. The van der Waals surface area contributed by atoms with Crippen LogP contribution in [0.1, 0.15) is 21.5 Å². The van der Waals surface area contributed by atoms with Crippen molar-refractivity contribution in [3.05, 3.63) is 53.1 Å². The molecule has 20 heavy (non-hydrogen) atoms. The zero-order chi connectivity index (χ0) is 14.7. The molecule has 0 spiro atoms. The number of carboxylic acids is 1. The zero-order valence-electron chi connectivity index (χ0n) is 11.6. The lowest BCUT2D eigenvalue weighted by molar-refractivity contribution is 0.0690. The molecule has 0 fully saturated rings. The van der Waals surface area contributed by atoms with Crippen molar-refractivity contribution in [1.82, 2.24) is 0 Å². The van der Waals surface area contributed by atoms with Crippen molar-refractivity contribution < 1.29 is 14.6 Å². The Morgan fingerprint density at radius 2 is 1.90 bits per heavy atom. The van der Waals surface area contributed by atoms with Gasteiger partial charge in [-0.25, -0.2) is 4.79 Å². The minimum atomic E-state index is -0.977. The second-order valence-corrected chi connectivity index (χ2v) is 5.36. The SMILES string of the molecule is CSc1cccc(Oc2cc(C)ccc2C)c1C(=O)O. The van der Waals surface area contributed by atoms with E-state index >= 15 is 0 Å². The zero-order valence-corrected chi connectivity index (χ0v) is 12.5. The molecule has 3 nitrogen and oxygen atoms in total. The highest BCUT2D eigenvalue weighted by Crippen LogP contribution is 2.33. The van der Waals surface area contributed by atoms with Gasteiger partial charge in [0, 0.05) is 4.90 Å². The van der Waals surface area contributed by atoms with E-state index in [0.29, 0.717) is 16.4 Å². The van der Waals surface area contributed by atoms with Gasteiger partial charge in [-0.15, -0.1) is 11.8 Å². The number of carboxylic acid groups (broad SMARTS) is 1. The minimum Gasteiger partial charge on any atom is -0.478 e. The molecular formula is C16H16O3S. The first-order valence-corrected chi connectivity index (χ1v) is 7.41. The Morgan fingerprint density at radius 1 is 1.15 bits per heavy atom. The lowest BCUT2D eigenvalue weighted by atomic mass is 10.1. The fourth-order valence-corrected chi connectivity index (χ4v) is 2.52. The number of benzene rings is 2. The maximum Gasteiger partial charge on any atom is 0.340 e. The first-order valence-electron chi connectivity index (χ1n) is 6.18. The second kappa shape index (κ2) is 6.01. The Bertz CT molecular complexity index is 650. The molecule has 2 aromatic rings. The number of rotatable bonds is 4. The van der Waals surface area contributed by atoms with Gasteiger partial charge in [-0.1, -0.05) is 18.2 Å². The minimum absolute atomic E-state index is 0.209. The van der Waals surface area contributed by atoms with E-state index in [1.165, 1.54) is 11.8 Å². The number of thioether (sulfide) groups is 1. The van der Waals surface area contributed by atoms with Gasteiger partial charge in [0.25, 0.3) is 0 Å². The summed E-state index contributed by atoms with van der Waals surface area (Å²) in [5.74, 6) is 0.0825. The standard InChI is InChI=1S/C16H16O3S/c1-10-7-8-11(2)13(9-10)19-12-5-4-6-14(20-3)15(12)16(17)18/h4-9H,1-3H3,(H,17,18). The Morgan fingerprint density at radius 3 is 2.55 bits per heavy atom. The molecule has 104 valence electrons. The molecule has 0 saturated carbocycles. The van der Waals surface area contributed by atoms with Crippen molar-refractivity contribution in [3.8, 4) is 11.5 Å². The molecule has 0 radical (unpaired) electrons. The van der Waals surface area contributed by atoms with Gasteiger partial charge in [-0.3, -0.25) is 0 Å². The number of aromatic carboxylic acids is 1. The summed E-state index contributed by atoms with van der Waals surface area (Å²) in [5, 5.41) is 9.39. The Hall–Kier alpha value is -1.94. The molecule has 0 saturated heterocycles. The van der Waals surface area contributed by atoms with Gasteiger partial charge in [-0.2, -0.15) is 0 Å². The van der Waals surface area contributed by atoms with E-state index in [-0.39, 0.29) is 5.56 Å². The van der Waals surface area contributed by atoms with Crippen LogP contribution in [0.25, 0.3) is 0 Å². The topological polar surface area (TPSA) is 46.5 Å². The maximum atomic E-state index is 11.5. The normalized spacial score (nSPS) is 10.3. The number of carbonyl (C=O) groups is 1. The van der Waals surface area contributed by atoms with Crippen LogP contribution in [0.15, 0.2) is 41.3 Å². The molecule has 2 aromatic carbocycles. The van der Waals surface area contributed by atoms with Crippen LogP contribution in [0.2, 0.25) is 0 Å². The fourth-order valence-electron chi connectivity index (χ4n) is 1.91. The summed E-state index contributed by atoms with van der Waals surface area (Å²) in [7, 11) is 0. The Kier molecular flexibility index (Phi) is 4.35. The van der Waals surface area contributed by atoms with Gasteiger partial charge >= 0.3 is 5.97 Å². The summed E-state index contributed by atoms with van der Waals surface area (Å²) in [6.45, 7) is 3.91. The van der Waals surface area contributed by atoms with Crippen molar-refractivity contribution >= 4 is 17.7 Å². The molecule has 0 aliphatic heterocycles. The van der Waals surface area contributed by atoms with Crippen molar-refractivity contribution in [3.63, 3.8) is 0 Å². The first-order chi connectivity index (χ1) is 9.52. The van der Waals surface area contributed by atoms with E-state index in [9.17, 15) is 9.90 Å². The Labute approximate surface area is 122 Å². The highest BCUT2D eigenvalue weighted by molar-refractivity contribution is 7.98. The van der Waals surface area contributed by atoms with Gasteiger partial charge in [0.1, 0.15) is 17.1 Å². The molecule has 2 rings (SSSR count). The second-order valence-electron chi connectivity index (χ2n) is 4.51. The van der Waals surface area contributed by atoms with Crippen LogP contribution in [0.4, 0.5) is 0 Å². The van der Waals surface area contributed by atoms with Gasteiger partial charge in [0.2, 0.25) is 0 Å². The van der Waals surface area contributed by atoms with Gasteiger partial charge in [0.15, 0.2) is 0 Å². The largest absolute Gasteiger partial charge is 0.478 e. The summed E-state index contributed by atoms with van der Waals surface area (Å²) < 4.78 is 5.83. The lowest BCUT2D eigenvalue weighted by Gasteiger charge is -2.13. The molecule has 0 aliphatic carbocycles. The summed E-state index contributed by atoms with van der Waals surface area (Å²) >= 11 is 1.39. The van der Waals surface area contributed by atoms with E-state index in [0.717, 1.165) is 11.1 Å². The monoisotopic (exact) mass is 288 g/mol. The third-order valence-electron chi connectivity index (χ3n) is 2.99. The number of aryl methyl sites for hydroxylation is 2. The summed E-state index contributed by atoms with van der Waals surface area (Å²) in [4.78, 5) is 12.1. The third-order valence-corrected chi connectivity index (χ3v) is 3.77. The number of ether oxygens (including phenoxy) is 1. The maximum absolute atomic E-state index is 11.5. The van der Waals surface area contributed by atoms with Crippen LogP contribution in [0, 0.1) is 13.8 Å². The molecular weight excluding hydrogens is 272 g/mol. The van der Waals surface area contributed by atoms with Crippen molar-refractivity contribution in [2.24, 2.45) is 0 Å². The molecule has 1 N–H and O–H groups in total. The molecule has 0 heterocycles. The van der Waals surface area contributed by atoms with Crippen LogP contribution in [0.3, 0.4) is 0 Å². The van der Waals surface area contributed by atoms with Crippen LogP contribution < -0.4 is 4.74 Å². The third kappa shape index (κ3) is 2.96. The van der Waals surface area contributed by atoms with E-state index in [1.807, 2.05) is 38.3 Å². The van der Waals surface area contributed by atoms with Crippen LogP contribution >= 0.6 is 11.8 Å². The quantitative estimate of drug-likeness (QED) is 0.840. The van der Waals surface area contributed by atoms with Crippen LogP contribution in [-0.4, -0.2) is 17.3 Å². The summed E-state index contributed by atoms with van der Waals surface area (Å²) in [5.41, 5.74) is 2.26. The molecule has 0 aliphatic rings. The lowest BCUT2D eigenvalue weighted by Crippen LogP contribution is -2.02. The molecule has 0 amide bonds. The predicted octanol–water partition coefficient (Wildman–Crippen LogP) is 4.52. The van der Waals surface area contributed by atoms with Gasteiger partial charge < -0.3 is 9.84 Å². The van der Waals surface area contributed by atoms with E-state index in [4.69, 9.17) is 4.74 Å². The van der Waals surface area contributed by atoms with E-state index in [2.05, 4.69) is 0 Å². The van der Waals surface area contributed by atoms with Gasteiger partial charge in [-0.05, 0) is 49.4 Å². The first kappa shape index (κ1) is 14.5. The average molecular weight is 288 g/mol.